The van der Waals surface area contributed by atoms with E-state index < -0.39 is 16.1 Å². The molecule has 5 nitrogen and oxygen atoms in total. The van der Waals surface area contributed by atoms with Crippen molar-refractivity contribution >= 4 is 15.7 Å². The summed E-state index contributed by atoms with van der Waals surface area (Å²) in [7, 11) is -3.65. The second-order valence-electron chi connectivity index (χ2n) is 5.63. The number of benzene rings is 1. The number of nitrogens with one attached hydrogen (secondary N) is 1. The first-order chi connectivity index (χ1) is 9.89. The fourth-order valence-electron chi connectivity index (χ4n) is 2.47. The third-order valence-electron chi connectivity index (χ3n) is 4.00. The first kappa shape index (κ1) is 16.3. The molecular weight excluding hydrogens is 288 g/mol. The average Bonchev–Trinajstić information content (AvgIpc) is 3.28. The van der Waals surface area contributed by atoms with E-state index in [1.54, 1.807) is 6.07 Å². The Labute approximate surface area is 126 Å². The van der Waals surface area contributed by atoms with Gasteiger partial charge in [0.05, 0.1) is 11.0 Å². The molecule has 1 aromatic rings. The molecule has 0 aliphatic heterocycles. The molecule has 1 atom stereocenters. The predicted octanol–water partition coefficient (Wildman–Crippen LogP) is 1.44. The lowest BCUT2D eigenvalue weighted by molar-refractivity contribution is 0.155. The normalized spacial score (nSPS) is 16.9. The summed E-state index contributed by atoms with van der Waals surface area (Å²) < 4.78 is 27.5. The van der Waals surface area contributed by atoms with E-state index in [1.807, 2.05) is 19.9 Å². The van der Waals surface area contributed by atoms with Crippen LogP contribution in [0.4, 0.5) is 5.69 Å². The maximum absolute atomic E-state index is 12.5. The number of nitrogen functional groups attached to an aromatic ring is 1. The number of anilines is 1. The Hall–Kier alpha value is -1.11. The molecule has 0 amide bonds. The molecule has 0 saturated heterocycles. The van der Waals surface area contributed by atoms with Gasteiger partial charge in [0.15, 0.2) is 0 Å². The van der Waals surface area contributed by atoms with Gasteiger partial charge < -0.3 is 10.8 Å². The highest BCUT2D eigenvalue weighted by Crippen LogP contribution is 2.32. The van der Waals surface area contributed by atoms with Crippen LogP contribution in [0.1, 0.15) is 37.8 Å². The van der Waals surface area contributed by atoms with Crippen LogP contribution in [-0.2, 0) is 22.9 Å². The molecule has 118 valence electrons. The van der Waals surface area contributed by atoms with E-state index in [0.717, 1.165) is 24.8 Å². The van der Waals surface area contributed by atoms with Crippen LogP contribution in [0, 0.1) is 5.92 Å². The van der Waals surface area contributed by atoms with Gasteiger partial charge in [-0.3, -0.25) is 0 Å². The van der Waals surface area contributed by atoms with Gasteiger partial charge in [-0.15, -0.1) is 0 Å². The second kappa shape index (κ2) is 6.34. The molecule has 2 rings (SSSR count). The first-order valence-corrected chi connectivity index (χ1v) is 8.96. The molecule has 1 aliphatic rings. The molecule has 0 spiro atoms. The SMILES string of the molecule is CCc1cc(N)c(CC)c(S(=O)(=O)NCC(O)C2CC2)c1. The summed E-state index contributed by atoms with van der Waals surface area (Å²) in [5, 5.41) is 9.83. The lowest BCUT2D eigenvalue weighted by Crippen LogP contribution is -2.33. The van der Waals surface area contributed by atoms with E-state index >= 15 is 0 Å². The fraction of sp³-hybridized carbons (Fsp3) is 0.600. The van der Waals surface area contributed by atoms with E-state index in [9.17, 15) is 13.5 Å². The highest BCUT2D eigenvalue weighted by atomic mass is 32.2. The molecule has 4 N–H and O–H groups in total. The summed E-state index contributed by atoms with van der Waals surface area (Å²) in [5.74, 6) is 0.241. The summed E-state index contributed by atoms with van der Waals surface area (Å²) in [6, 6.07) is 3.51. The third-order valence-corrected chi connectivity index (χ3v) is 5.49. The van der Waals surface area contributed by atoms with Crippen LogP contribution in [0.5, 0.6) is 0 Å². The Bertz CT molecular complexity index is 610. The number of nitrogens with two attached hydrogens (primary N) is 1. The van der Waals surface area contributed by atoms with Gasteiger partial charge >= 0.3 is 0 Å². The number of sulfonamides is 1. The fourth-order valence-corrected chi connectivity index (χ4v) is 3.91. The second-order valence-corrected chi connectivity index (χ2v) is 7.36. The molecule has 6 heteroatoms. The lowest BCUT2D eigenvalue weighted by atomic mass is 10.1. The Balaban J connectivity index is 2.26. The van der Waals surface area contributed by atoms with Crippen LogP contribution in [0.25, 0.3) is 0 Å². The van der Waals surface area contributed by atoms with Crippen LogP contribution >= 0.6 is 0 Å². The van der Waals surface area contributed by atoms with Crippen LogP contribution < -0.4 is 10.5 Å². The summed E-state index contributed by atoms with van der Waals surface area (Å²) in [5.41, 5.74) is 8.03. The number of aliphatic hydroxyl groups excluding tert-OH is 1. The molecule has 1 aromatic carbocycles. The highest BCUT2D eigenvalue weighted by molar-refractivity contribution is 7.89. The van der Waals surface area contributed by atoms with Crippen molar-refractivity contribution in [1.29, 1.82) is 0 Å². The van der Waals surface area contributed by atoms with Crippen LogP contribution in [0.3, 0.4) is 0 Å². The van der Waals surface area contributed by atoms with Gasteiger partial charge in [0.25, 0.3) is 0 Å². The van der Waals surface area contributed by atoms with Gasteiger partial charge in [0.1, 0.15) is 0 Å². The van der Waals surface area contributed by atoms with Crippen molar-refractivity contribution in [2.24, 2.45) is 5.92 Å². The van der Waals surface area contributed by atoms with Crippen molar-refractivity contribution in [3.05, 3.63) is 23.3 Å². The van der Waals surface area contributed by atoms with Gasteiger partial charge in [-0.1, -0.05) is 13.8 Å². The average molecular weight is 312 g/mol. The highest BCUT2D eigenvalue weighted by Gasteiger charge is 2.31. The molecule has 0 aromatic heterocycles. The topological polar surface area (TPSA) is 92.4 Å². The standard InChI is InChI=1S/C15H24N2O3S/c1-3-10-7-13(16)12(4-2)15(8-10)21(19,20)17-9-14(18)11-5-6-11/h7-8,11,14,17-18H,3-6,9,16H2,1-2H3. The van der Waals surface area contributed by atoms with Gasteiger partial charge in [0.2, 0.25) is 10.0 Å². The smallest absolute Gasteiger partial charge is 0.241 e. The van der Waals surface area contributed by atoms with Gasteiger partial charge in [0, 0.05) is 12.2 Å². The maximum Gasteiger partial charge on any atom is 0.241 e. The molecule has 21 heavy (non-hydrogen) atoms. The van der Waals surface area contributed by atoms with Crippen molar-refractivity contribution in [1.82, 2.24) is 4.72 Å². The first-order valence-electron chi connectivity index (χ1n) is 7.48. The molecule has 1 unspecified atom stereocenters. The van der Waals surface area contributed by atoms with Crippen molar-refractivity contribution in [3.63, 3.8) is 0 Å². The molecule has 0 bridgehead atoms. The number of hydrogen-bond acceptors (Lipinski definition) is 4. The van der Waals surface area contributed by atoms with Crippen LogP contribution in [-0.4, -0.2) is 26.2 Å². The molecule has 1 fully saturated rings. The van der Waals surface area contributed by atoms with E-state index in [-0.39, 0.29) is 17.4 Å². The summed E-state index contributed by atoms with van der Waals surface area (Å²) in [6.07, 6.45) is 2.62. The van der Waals surface area contributed by atoms with Crippen LogP contribution in [0.2, 0.25) is 0 Å². The third kappa shape index (κ3) is 3.75. The summed E-state index contributed by atoms with van der Waals surface area (Å²) >= 11 is 0. The molecular formula is C15H24N2O3S. The number of hydrogen-bond donors (Lipinski definition) is 3. The Morgan fingerprint density at radius 3 is 2.52 bits per heavy atom. The molecule has 1 aliphatic carbocycles. The summed E-state index contributed by atoms with van der Waals surface area (Å²) in [6.45, 7) is 3.91. The van der Waals surface area contributed by atoms with E-state index in [4.69, 9.17) is 5.73 Å². The molecule has 0 radical (unpaired) electrons. The summed E-state index contributed by atoms with van der Waals surface area (Å²) in [4.78, 5) is 0.241. The van der Waals surface area contributed by atoms with Crippen molar-refractivity contribution < 1.29 is 13.5 Å². The number of rotatable bonds is 7. The van der Waals surface area contributed by atoms with E-state index in [1.165, 1.54) is 0 Å². The number of aliphatic hydroxyl groups is 1. The van der Waals surface area contributed by atoms with Gasteiger partial charge in [-0.25, -0.2) is 13.1 Å². The minimum Gasteiger partial charge on any atom is -0.398 e. The van der Waals surface area contributed by atoms with Gasteiger partial charge in [-0.2, -0.15) is 0 Å². The minimum atomic E-state index is -3.65. The Kier molecular flexibility index (Phi) is 4.91. The number of aryl methyl sites for hydroxylation is 1. The zero-order valence-corrected chi connectivity index (χ0v) is 13.4. The monoisotopic (exact) mass is 312 g/mol. The minimum absolute atomic E-state index is 0.0619. The van der Waals surface area contributed by atoms with Crippen molar-refractivity contribution in [2.45, 2.75) is 50.5 Å². The zero-order chi connectivity index (χ0) is 15.6. The van der Waals surface area contributed by atoms with E-state index in [2.05, 4.69) is 4.72 Å². The van der Waals surface area contributed by atoms with Gasteiger partial charge in [-0.05, 0) is 54.9 Å². The van der Waals surface area contributed by atoms with Crippen molar-refractivity contribution in [2.75, 3.05) is 12.3 Å². The quantitative estimate of drug-likeness (QED) is 0.664. The molecule has 1 saturated carbocycles. The molecule has 0 heterocycles. The zero-order valence-electron chi connectivity index (χ0n) is 12.6. The van der Waals surface area contributed by atoms with E-state index in [0.29, 0.717) is 17.7 Å². The lowest BCUT2D eigenvalue weighted by Gasteiger charge is -2.16. The predicted molar refractivity (Wildman–Crippen MR) is 83.5 cm³/mol. The van der Waals surface area contributed by atoms with Crippen LogP contribution in [0.15, 0.2) is 17.0 Å². The maximum atomic E-state index is 12.5. The van der Waals surface area contributed by atoms with Crippen molar-refractivity contribution in [3.8, 4) is 0 Å². The Morgan fingerprint density at radius 1 is 1.33 bits per heavy atom. The largest absolute Gasteiger partial charge is 0.398 e. The Morgan fingerprint density at radius 2 is 2.00 bits per heavy atom.